The zero-order valence-electron chi connectivity index (χ0n) is 8.56. The zero-order chi connectivity index (χ0) is 11.7. The highest BCUT2D eigenvalue weighted by atomic mass is 35.5. The number of phenolic OH excluding ortho intramolecular Hbond substituents is 1. The third-order valence-electron chi connectivity index (χ3n) is 2.29. The number of thiophene rings is 1. The quantitative estimate of drug-likeness (QED) is 0.886. The third kappa shape index (κ3) is 2.72. The second-order valence-corrected chi connectivity index (χ2v) is 4.65. The number of halogens is 3. The van der Waals surface area contributed by atoms with Gasteiger partial charge in [0.25, 0.3) is 0 Å². The molecule has 6 heteroatoms. The fourth-order valence-electron chi connectivity index (χ4n) is 1.43. The first-order valence-corrected chi connectivity index (χ1v) is 5.83. The van der Waals surface area contributed by atoms with E-state index in [0.717, 1.165) is 4.88 Å². The molecule has 17 heavy (non-hydrogen) atoms. The van der Waals surface area contributed by atoms with Gasteiger partial charge in [-0.15, -0.1) is 23.7 Å². The molecule has 0 radical (unpaired) electrons. The van der Waals surface area contributed by atoms with Crippen molar-refractivity contribution in [3.8, 4) is 5.75 Å². The van der Waals surface area contributed by atoms with Crippen LogP contribution in [-0.2, 0) is 0 Å². The first-order chi connectivity index (χ1) is 7.61. The van der Waals surface area contributed by atoms with E-state index in [9.17, 15) is 9.50 Å². The van der Waals surface area contributed by atoms with E-state index in [1.54, 1.807) is 0 Å². The van der Waals surface area contributed by atoms with Gasteiger partial charge in [0.15, 0.2) is 0 Å². The van der Waals surface area contributed by atoms with E-state index in [2.05, 4.69) is 0 Å². The van der Waals surface area contributed by atoms with Crippen molar-refractivity contribution in [3.05, 3.63) is 50.9 Å². The maximum atomic E-state index is 13.0. The molecule has 0 aliphatic rings. The standard InChI is InChI=1S/C11H9ClFNOS.ClH/c12-9-7(13)4-3-6(11(9)15)10(14)8-2-1-5-16-8;/h1-5,10,15H,14H2;1H/t10-;/m1./s1. The minimum atomic E-state index is -0.652. The molecule has 1 heterocycles. The molecular weight excluding hydrogens is 284 g/mol. The van der Waals surface area contributed by atoms with E-state index < -0.39 is 11.9 Å². The van der Waals surface area contributed by atoms with E-state index in [-0.39, 0.29) is 23.2 Å². The number of hydrogen-bond donors (Lipinski definition) is 2. The van der Waals surface area contributed by atoms with Crippen molar-refractivity contribution in [1.29, 1.82) is 0 Å². The highest BCUT2D eigenvalue weighted by Gasteiger charge is 2.18. The average Bonchev–Trinajstić information content (AvgIpc) is 2.79. The van der Waals surface area contributed by atoms with Crippen molar-refractivity contribution in [2.24, 2.45) is 5.73 Å². The van der Waals surface area contributed by atoms with Crippen LogP contribution in [0.4, 0.5) is 4.39 Å². The van der Waals surface area contributed by atoms with Gasteiger partial charge in [0.2, 0.25) is 0 Å². The number of aromatic hydroxyl groups is 1. The van der Waals surface area contributed by atoms with E-state index >= 15 is 0 Å². The van der Waals surface area contributed by atoms with Crippen LogP contribution in [0.5, 0.6) is 5.75 Å². The van der Waals surface area contributed by atoms with Crippen LogP contribution >= 0.6 is 35.3 Å². The lowest BCUT2D eigenvalue weighted by molar-refractivity contribution is 0.460. The molecule has 0 fully saturated rings. The van der Waals surface area contributed by atoms with Crippen molar-refractivity contribution in [2.75, 3.05) is 0 Å². The van der Waals surface area contributed by atoms with Crippen LogP contribution in [0.1, 0.15) is 16.5 Å². The topological polar surface area (TPSA) is 46.2 Å². The second kappa shape index (κ2) is 5.69. The fourth-order valence-corrected chi connectivity index (χ4v) is 2.34. The van der Waals surface area contributed by atoms with Crippen LogP contribution in [0.2, 0.25) is 5.02 Å². The summed E-state index contributed by atoms with van der Waals surface area (Å²) in [7, 11) is 0. The Morgan fingerprint density at radius 2 is 2.06 bits per heavy atom. The zero-order valence-corrected chi connectivity index (χ0v) is 11.0. The maximum absolute atomic E-state index is 13.0. The van der Waals surface area contributed by atoms with Gasteiger partial charge in [-0.1, -0.05) is 23.7 Å². The van der Waals surface area contributed by atoms with Gasteiger partial charge in [-0.05, 0) is 17.5 Å². The summed E-state index contributed by atoms with van der Waals surface area (Å²) in [4.78, 5) is 0.887. The molecule has 0 saturated heterocycles. The highest BCUT2D eigenvalue weighted by molar-refractivity contribution is 7.10. The Morgan fingerprint density at radius 3 is 2.65 bits per heavy atom. The Morgan fingerprint density at radius 1 is 1.35 bits per heavy atom. The SMILES string of the molecule is Cl.N[C@@H](c1cccs1)c1ccc(F)c(Cl)c1O. The van der Waals surface area contributed by atoms with Crippen LogP contribution in [-0.4, -0.2) is 5.11 Å². The van der Waals surface area contributed by atoms with Gasteiger partial charge in [0.05, 0.1) is 6.04 Å². The molecule has 1 atom stereocenters. The summed E-state index contributed by atoms with van der Waals surface area (Å²) in [5.74, 6) is -0.941. The number of hydrogen-bond acceptors (Lipinski definition) is 3. The molecule has 1 aromatic heterocycles. The summed E-state index contributed by atoms with van der Waals surface area (Å²) in [6.07, 6.45) is 0. The van der Waals surface area contributed by atoms with Crippen molar-refractivity contribution < 1.29 is 9.50 Å². The summed E-state index contributed by atoms with van der Waals surface area (Å²) in [5, 5.41) is 11.3. The van der Waals surface area contributed by atoms with E-state index in [0.29, 0.717) is 5.56 Å². The number of nitrogens with two attached hydrogens (primary N) is 1. The van der Waals surface area contributed by atoms with Gasteiger partial charge in [-0.3, -0.25) is 0 Å². The summed E-state index contributed by atoms with van der Waals surface area (Å²) >= 11 is 7.08. The van der Waals surface area contributed by atoms with Crippen LogP contribution in [0.3, 0.4) is 0 Å². The Bertz CT molecular complexity index is 504. The molecule has 0 spiro atoms. The Kier molecular flexibility index (Phi) is 4.77. The minimum absolute atomic E-state index is 0. The van der Waals surface area contributed by atoms with E-state index in [1.807, 2.05) is 17.5 Å². The van der Waals surface area contributed by atoms with Gasteiger partial charge in [-0.2, -0.15) is 0 Å². The minimum Gasteiger partial charge on any atom is -0.506 e. The fraction of sp³-hybridized carbons (Fsp3) is 0.0909. The molecule has 0 aliphatic carbocycles. The maximum Gasteiger partial charge on any atom is 0.145 e. The summed E-state index contributed by atoms with van der Waals surface area (Å²) in [6.45, 7) is 0. The third-order valence-corrected chi connectivity index (χ3v) is 3.60. The molecule has 1 aromatic carbocycles. The molecular formula is C11H10Cl2FNOS. The van der Waals surface area contributed by atoms with E-state index in [1.165, 1.54) is 23.5 Å². The summed E-state index contributed by atoms with van der Waals surface area (Å²) in [6, 6.07) is 5.87. The normalized spacial score (nSPS) is 11.9. The lowest BCUT2D eigenvalue weighted by Gasteiger charge is -2.13. The van der Waals surface area contributed by atoms with Gasteiger partial charge in [0.1, 0.15) is 16.6 Å². The second-order valence-electron chi connectivity index (χ2n) is 3.29. The lowest BCUT2D eigenvalue weighted by atomic mass is 10.1. The molecule has 0 unspecified atom stereocenters. The first-order valence-electron chi connectivity index (χ1n) is 4.57. The molecule has 0 bridgehead atoms. The molecule has 3 N–H and O–H groups in total. The molecule has 92 valence electrons. The van der Waals surface area contributed by atoms with Crippen molar-refractivity contribution >= 4 is 35.3 Å². The summed E-state index contributed by atoms with van der Waals surface area (Å²) < 4.78 is 13.0. The Balaban J connectivity index is 0.00000144. The number of phenols is 1. The van der Waals surface area contributed by atoms with Crippen molar-refractivity contribution in [2.45, 2.75) is 6.04 Å². The molecule has 0 aliphatic heterocycles. The molecule has 2 nitrogen and oxygen atoms in total. The van der Waals surface area contributed by atoms with Crippen molar-refractivity contribution in [3.63, 3.8) is 0 Å². The van der Waals surface area contributed by atoms with E-state index in [4.69, 9.17) is 17.3 Å². The predicted molar refractivity (Wildman–Crippen MR) is 70.7 cm³/mol. The van der Waals surface area contributed by atoms with Gasteiger partial charge >= 0.3 is 0 Å². The summed E-state index contributed by atoms with van der Waals surface area (Å²) in [5.41, 5.74) is 6.37. The van der Waals surface area contributed by atoms with Gasteiger partial charge in [0, 0.05) is 10.4 Å². The largest absolute Gasteiger partial charge is 0.506 e. The Hall–Kier alpha value is -0.810. The first kappa shape index (κ1) is 14.3. The van der Waals surface area contributed by atoms with Crippen LogP contribution < -0.4 is 5.73 Å². The monoisotopic (exact) mass is 293 g/mol. The predicted octanol–water partition coefficient (Wildman–Crippen LogP) is 3.72. The molecule has 0 saturated carbocycles. The highest BCUT2D eigenvalue weighted by Crippen LogP contribution is 2.36. The van der Waals surface area contributed by atoms with Crippen molar-refractivity contribution in [1.82, 2.24) is 0 Å². The number of rotatable bonds is 2. The van der Waals surface area contributed by atoms with Crippen LogP contribution in [0.25, 0.3) is 0 Å². The molecule has 2 aromatic rings. The van der Waals surface area contributed by atoms with Crippen LogP contribution in [0, 0.1) is 5.82 Å². The lowest BCUT2D eigenvalue weighted by Crippen LogP contribution is -2.10. The molecule has 0 amide bonds. The Labute approximate surface area is 113 Å². The average molecular weight is 294 g/mol. The molecule has 2 rings (SSSR count). The smallest absolute Gasteiger partial charge is 0.145 e. The number of benzene rings is 1. The van der Waals surface area contributed by atoms with Gasteiger partial charge < -0.3 is 10.8 Å². The van der Waals surface area contributed by atoms with Crippen LogP contribution in [0.15, 0.2) is 29.6 Å². The van der Waals surface area contributed by atoms with Gasteiger partial charge in [-0.25, -0.2) is 4.39 Å².